The highest BCUT2D eigenvalue weighted by atomic mass is 32.2. The molecule has 0 spiro atoms. The second-order valence-corrected chi connectivity index (χ2v) is 5.78. The molecule has 0 aliphatic carbocycles. The molecule has 0 bridgehead atoms. The Kier molecular flexibility index (Phi) is 5.77. The molecule has 0 aliphatic heterocycles. The molecule has 140 valence electrons. The lowest BCUT2D eigenvalue weighted by Gasteiger charge is -2.08. The number of carbonyl (C=O) groups is 1. The number of hydrogen-bond acceptors (Lipinski definition) is 6. The number of aromatic nitrogens is 2. The predicted octanol–water partition coefficient (Wildman–Crippen LogP) is 3.84. The van der Waals surface area contributed by atoms with Gasteiger partial charge in [-0.15, -0.1) is 3.89 Å². The summed E-state index contributed by atoms with van der Waals surface area (Å²) in [5.41, 5.74) is 1.55. The summed E-state index contributed by atoms with van der Waals surface area (Å²) < 4.78 is 44.8. The van der Waals surface area contributed by atoms with Crippen molar-refractivity contribution in [3.8, 4) is 11.4 Å². The van der Waals surface area contributed by atoms with Crippen molar-refractivity contribution in [3.05, 3.63) is 71.6 Å². The zero-order valence-electron chi connectivity index (χ0n) is 13.7. The Morgan fingerprint density at radius 3 is 2.67 bits per heavy atom. The topological polar surface area (TPSA) is 80.0 Å². The SMILES string of the molecule is O=C(NCc1ccccc1)c1cccc(-c2noc(C(F)(F)NSF)n2)c1. The number of benzene rings is 2. The number of amides is 1. The monoisotopic (exact) mass is 394 g/mol. The molecule has 0 saturated carbocycles. The Morgan fingerprint density at radius 1 is 1.15 bits per heavy atom. The van der Waals surface area contributed by atoms with E-state index in [2.05, 4.69) is 20.0 Å². The van der Waals surface area contributed by atoms with Gasteiger partial charge in [0.2, 0.25) is 5.82 Å². The van der Waals surface area contributed by atoms with E-state index in [1.54, 1.807) is 12.1 Å². The third kappa shape index (κ3) is 4.66. The summed E-state index contributed by atoms with van der Waals surface area (Å²) in [5, 5.41) is 6.22. The second-order valence-electron chi connectivity index (χ2n) is 5.43. The number of alkyl halides is 2. The van der Waals surface area contributed by atoms with E-state index in [0.29, 0.717) is 17.7 Å². The maximum Gasteiger partial charge on any atom is 0.392 e. The first kappa shape index (κ1) is 18.9. The first-order valence-electron chi connectivity index (χ1n) is 7.69. The van der Waals surface area contributed by atoms with Gasteiger partial charge in [0.05, 0.1) is 0 Å². The fourth-order valence-electron chi connectivity index (χ4n) is 2.24. The lowest BCUT2D eigenvalue weighted by molar-refractivity contribution is -0.0451. The lowest BCUT2D eigenvalue weighted by atomic mass is 10.1. The first-order valence-corrected chi connectivity index (χ1v) is 8.40. The Labute approximate surface area is 156 Å². The van der Waals surface area contributed by atoms with Crippen molar-refractivity contribution in [2.45, 2.75) is 12.6 Å². The second kappa shape index (κ2) is 8.23. The van der Waals surface area contributed by atoms with Crippen LogP contribution in [0, 0.1) is 0 Å². The Balaban J connectivity index is 1.74. The van der Waals surface area contributed by atoms with Crippen LogP contribution >= 0.6 is 12.3 Å². The molecule has 1 amide bonds. The van der Waals surface area contributed by atoms with Crippen LogP contribution in [0.15, 0.2) is 59.1 Å². The molecule has 0 radical (unpaired) electrons. The van der Waals surface area contributed by atoms with Crippen LogP contribution in [0.3, 0.4) is 0 Å². The molecule has 10 heteroatoms. The summed E-state index contributed by atoms with van der Waals surface area (Å²) in [4.78, 5) is 15.9. The number of halogens is 3. The van der Waals surface area contributed by atoms with Crippen molar-refractivity contribution >= 4 is 18.2 Å². The molecule has 0 fully saturated rings. The van der Waals surface area contributed by atoms with Crippen molar-refractivity contribution in [1.29, 1.82) is 0 Å². The van der Waals surface area contributed by atoms with Crippen LogP contribution in [0.4, 0.5) is 12.7 Å². The van der Waals surface area contributed by atoms with Gasteiger partial charge in [0.25, 0.3) is 5.91 Å². The van der Waals surface area contributed by atoms with Gasteiger partial charge in [-0.1, -0.05) is 47.6 Å². The van der Waals surface area contributed by atoms with Gasteiger partial charge in [0.15, 0.2) is 0 Å². The number of hydrogen-bond donors (Lipinski definition) is 2. The molecule has 2 aromatic carbocycles. The van der Waals surface area contributed by atoms with Crippen LogP contribution < -0.4 is 10.0 Å². The Bertz CT molecular complexity index is 921. The average Bonchev–Trinajstić information content (AvgIpc) is 3.18. The van der Waals surface area contributed by atoms with E-state index in [1.165, 1.54) is 16.9 Å². The zero-order valence-corrected chi connectivity index (χ0v) is 14.5. The van der Waals surface area contributed by atoms with Gasteiger partial charge >= 0.3 is 11.9 Å². The van der Waals surface area contributed by atoms with Crippen LogP contribution in [-0.4, -0.2) is 16.0 Å². The number of rotatable bonds is 7. The number of carbonyl (C=O) groups excluding carboxylic acids is 1. The number of nitrogens with zero attached hydrogens (tertiary/aromatic N) is 2. The van der Waals surface area contributed by atoms with Gasteiger partial charge in [-0.3, -0.25) is 4.79 Å². The molecular weight excluding hydrogens is 381 g/mol. The third-order valence-electron chi connectivity index (χ3n) is 3.54. The Morgan fingerprint density at radius 2 is 1.93 bits per heavy atom. The molecule has 3 rings (SSSR count). The van der Waals surface area contributed by atoms with Crippen LogP contribution in [0.2, 0.25) is 0 Å². The largest absolute Gasteiger partial charge is 0.392 e. The van der Waals surface area contributed by atoms with Crippen molar-refractivity contribution in [1.82, 2.24) is 20.2 Å². The molecule has 0 atom stereocenters. The average molecular weight is 394 g/mol. The zero-order chi connectivity index (χ0) is 19.3. The lowest BCUT2D eigenvalue weighted by Crippen LogP contribution is -2.27. The molecule has 0 aliphatic rings. The van der Waals surface area contributed by atoms with Crippen LogP contribution in [0.5, 0.6) is 0 Å². The van der Waals surface area contributed by atoms with E-state index in [0.717, 1.165) is 5.56 Å². The van der Waals surface area contributed by atoms with Crippen LogP contribution in [0.1, 0.15) is 21.8 Å². The Hall–Kier alpha value is -2.85. The standard InChI is InChI=1S/C17H13F3N4O2S/c18-17(19,24-27-20)16-22-14(23-26-16)12-7-4-8-13(9-12)15(25)21-10-11-5-2-1-3-6-11/h1-9,24H,10H2,(H,21,25). The van der Waals surface area contributed by atoms with Gasteiger partial charge in [-0.05, 0) is 17.7 Å². The molecule has 1 heterocycles. The predicted molar refractivity (Wildman–Crippen MR) is 93.1 cm³/mol. The summed E-state index contributed by atoms with van der Waals surface area (Å²) in [6.45, 7) is 0.342. The smallest absolute Gasteiger partial charge is 0.348 e. The summed E-state index contributed by atoms with van der Waals surface area (Å²) >= 11 is -0.762. The fourth-order valence-corrected chi connectivity index (χ4v) is 2.42. The summed E-state index contributed by atoms with van der Waals surface area (Å²) in [5.74, 6) is -1.57. The van der Waals surface area contributed by atoms with Crippen molar-refractivity contribution in [2.75, 3.05) is 0 Å². The fraction of sp³-hybridized carbons (Fsp3) is 0.118. The van der Waals surface area contributed by atoms with Crippen molar-refractivity contribution < 1.29 is 22.0 Å². The highest BCUT2D eigenvalue weighted by Gasteiger charge is 2.39. The number of nitrogens with one attached hydrogen (secondary N) is 2. The third-order valence-corrected chi connectivity index (χ3v) is 3.87. The molecule has 1 aromatic heterocycles. The van der Waals surface area contributed by atoms with E-state index in [1.807, 2.05) is 30.3 Å². The van der Waals surface area contributed by atoms with E-state index >= 15 is 0 Å². The van der Waals surface area contributed by atoms with Gasteiger partial charge < -0.3 is 9.84 Å². The van der Waals surface area contributed by atoms with Crippen LogP contribution in [0.25, 0.3) is 11.4 Å². The molecule has 27 heavy (non-hydrogen) atoms. The van der Waals surface area contributed by atoms with Gasteiger partial charge in [0.1, 0.15) is 12.3 Å². The minimum atomic E-state index is -3.82. The van der Waals surface area contributed by atoms with E-state index in [4.69, 9.17) is 0 Å². The molecule has 2 N–H and O–H groups in total. The quantitative estimate of drug-likeness (QED) is 0.468. The van der Waals surface area contributed by atoms with Crippen molar-refractivity contribution in [3.63, 3.8) is 0 Å². The molecular formula is C17H13F3N4O2S. The maximum absolute atomic E-state index is 13.5. The van der Waals surface area contributed by atoms with Gasteiger partial charge in [0, 0.05) is 17.7 Å². The molecule has 3 aromatic rings. The van der Waals surface area contributed by atoms with Gasteiger partial charge in [-0.25, -0.2) is 0 Å². The van der Waals surface area contributed by atoms with E-state index in [-0.39, 0.29) is 11.7 Å². The summed E-state index contributed by atoms with van der Waals surface area (Å²) in [7, 11) is 0. The summed E-state index contributed by atoms with van der Waals surface area (Å²) in [6.07, 6.45) is 0. The van der Waals surface area contributed by atoms with Gasteiger partial charge in [-0.2, -0.15) is 18.5 Å². The molecule has 0 unspecified atom stereocenters. The molecule has 0 saturated heterocycles. The molecule has 6 nitrogen and oxygen atoms in total. The van der Waals surface area contributed by atoms with Crippen molar-refractivity contribution in [2.24, 2.45) is 0 Å². The maximum atomic E-state index is 13.5. The minimum Gasteiger partial charge on any atom is -0.348 e. The summed E-state index contributed by atoms with van der Waals surface area (Å²) in [6, 6.07) is 11.7. The van der Waals surface area contributed by atoms with E-state index < -0.39 is 24.3 Å². The first-order chi connectivity index (χ1) is 13.0. The minimum absolute atomic E-state index is 0.145. The van der Waals surface area contributed by atoms with E-state index in [9.17, 15) is 17.5 Å². The highest BCUT2D eigenvalue weighted by molar-refractivity contribution is 7.92. The van der Waals surface area contributed by atoms with Crippen LogP contribution in [-0.2, 0) is 12.6 Å². The normalized spacial score (nSPS) is 11.4. The highest BCUT2D eigenvalue weighted by Crippen LogP contribution is 2.28.